The zero-order valence-electron chi connectivity index (χ0n) is 59.5. The molecule has 3 unspecified atom stereocenters. The van der Waals surface area contributed by atoms with E-state index in [0.29, 0.717) is 37.0 Å². The van der Waals surface area contributed by atoms with Crippen LogP contribution in [0.3, 0.4) is 0 Å². The number of carbonyl (C=O) groups excluding carboxylic acids is 11. The van der Waals surface area contributed by atoms with Gasteiger partial charge in [-0.25, -0.2) is 8.78 Å². The van der Waals surface area contributed by atoms with Crippen molar-refractivity contribution in [3.63, 3.8) is 0 Å². The molecule has 6 aliphatic rings. The van der Waals surface area contributed by atoms with E-state index < -0.39 is 205 Å². The van der Waals surface area contributed by atoms with Crippen LogP contribution in [0.2, 0.25) is 0 Å². The van der Waals surface area contributed by atoms with E-state index in [1.165, 1.54) is 64.0 Å². The SMILES string of the molecule is CC[C@H](C)[C@@H]1NC(=O)[C@H](CC(C)C)N(C)C(=O)C[C@@H](C)N(C)C(=O)[C@H](C2CCCC2)N(C)C(=O)C2(CCCC2)NC(=O)[C@@H]2CC(F)(F)CN2C(=O)[C@H](CCC2CCC(C(F)(F)F)C(Cl)C2)NC(=O)CN(C)C(=O)[C@H](CC2CCC(C(F)(F)F)CC2)N(C)C(=O)CN(C)C(=O)CN(C)C1=O. The summed E-state index contributed by atoms with van der Waals surface area (Å²) in [6.07, 6.45) is -8.61. The zero-order valence-corrected chi connectivity index (χ0v) is 60.3. The van der Waals surface area contributed by atoms with Crippen molar-refractivity contribution in [1.29, 1.82) is 0 Å². The number of likely N-dealkylation sites (N-methyl/N-ethyl adjacent to an activating group) is 7. The van der Waals surface area contributed by atoms with Gasteiger partial charge in [0.25, 0.3) is 5.92 Å². The zero-order chi connectivity index (χ0) is 74.1. The summed E-state index contributed by atoms with van der Waals surface area (Å²) in [5.74, 6) is -18.4. The van der Waals surface area contributed by atoms with Gasteiger partial charge >= 0.3 is 12.4 Å². The van der Waals surface area contributed by atoms with Crippen LogP contribution in [0.5, 0.6) is 0 Å². The van der Waals surface area contributed by atoms with E-state index in [1.54, 1.807) is 20.8 Å². The number of nitrogens with one attached hydrogen (secondary N) is 3. The smallest absolute Gasteiger partial charge is 0.343 e. The van der Waals surface area contributed by atoms with Crippen LogP contribution in [0.25, 0.3) is 0 Å². The molecular weight excluding hydrogens is 1330 g/mol. The molecule has 2 heterocycles. The molecule has 0 bridgehead atoms. The number of rotatable bonds is 10. The van der Waals surface area contributed by atoms with Gasteiger partial charge in [-0.2, -0.15) is 26.3 Å². The Bertz CT molecular complexity index is 2890. The molecular formula is C68H106ClF8N11O11. The Balaban J connectivity index is 1.40. The van der Waals surface area contributed by atoms with Crippen LogP contribution in [0.4, 0.5) is 35.1 Å². The van der Waals surface area contributed by atoms with Crippen molar-refractivity contribution in [2.24, 2.45) is 41.4 Å². The standard InChI is InChI=1S/C68H106ClF8N11O11/c1-13-40(4)56-62(97)83(8)36-54(91)81(6)37-55(92)86(11)50(33-43-20-24-45(25-21-43)67(72,73)74)61(96)82(7)35-52(89)78-48(27-23-42-22-26-46(47(69)32-42)68(75,76)77)60(95)88-38-66(70,71)34-51(88)59(94)80-65(28-16-17-29-65)64(99)87(12)57(44-18-14-15-19-44)63(98)84(9)41(5)31-53(90)85(10)49(30-39(2)3)58(93)79-56/h39-51,56-57H,13-38H2,1-12H3,(H,78,89)(H,79,93)(H,80,94)/t40-,41+,42?,43?,45?,46?,47?,48-,49-,50-,51-,56-,57-/m0/s1. The molecule has 4 aliphatic carbocycles. The molecule has 11 atom stereocenters. The summed E-state index contributed by atoms with van der Waals surface area (Å²) in [6, 6.07) is -9.58. The summed E-state index contributed by atoms with van der Waals surface area (Å²) < 4.78 is 116. The Morgan fingerprint density at radius 3 is 1.74 bits per heavy atom. The van der Waals surface area contributed by atoms with Gasteiger partial charge in [-0.05, 0) is 133 Å². The van der Waals surface area contributed by atoms with Gasteiger partial charge in [0.2, 0.25) is 65.0 Å². The molecule has 2 aliphatic heterocycles. The molecule has 2 saturated heterocycles. The van der Waals surface area contributed by atoms with Crippen LogP contribution >= 0.6 is 11.6 Å². The molecule has 6 rings (SSSR count). The molecule has 4 saturated carbocycles. The van der Waals surface area contributed by atoms with Gasteiger partial charge in [-0.1, -0.05) is 59.8 Å². The monoisotopic (exact) mass is 1440 g/mol. The fourth-order valence-corrected chi connectivity index (χ4v) is 16.0. The van der Waals surface area contributed by atoms with E-state index in [2.05, 4.69) is 16.0 Å². The summed E-state index contributed by atoms with van der Waals surface area (Å²) in [7, 11) is 9.33. The molecule has 0 aromatic heterocycles. The second-order valence-electron chi connectivity index (χ2n) is 29.9. The number of halogens is 9. The first kappa shape index (κ1) is 81.9. The van der Waals surface area contributed by atoms with Crippen molar-refractivity contribution >= 4 is 76.6 Å². The number of hydrogen-bond donors (Lipinski definition) is 3. The van der Waals surface area contributed by atoms with Gasteiger partial charge in [0.05, 0.1) is 38.0 Å². The maximum atomic E-state index is 16.1. The third kappa shape index (κ3) is 20.8. The van der Waals surface area contributed by atoms with E-state index in [0.717, 1.165) is 32.4 Å². The fourth-order valence-electron chi connectivity index (χ4n) is 15.5. The van der Waals surface area contributed by atoms with E-state index in [9.17, 15) is 64.7 Å². The first-order valence-corrected chi connectivity index (χ1v) is 35.6. The van der Waals surface area contributed by atoms with Crippen molar-refractivity contribution in [3.05, 3.63) is 0 Å². The molecule has 11 amide bonds. The highest BCUT2D eigenvalue weighted by Gasteiger charge is 2.56. The average molecular weight is 1440 g/mol. The number of fused-ring (bicyclic) bond motifs is 1. The van der Waals surface area contributed by atoms with Crippen molar-refractivity contribution in [1.82, 2.24) is 55.1 Å². The highest BCUT2D eigenvalue weighted by Crippen LogP contribution is 2.45. The first-order valence-electron chi connectivity index (χ1n) is 35.2. The quantitative estimate of drug-likeness (QED) is 0.147. The average Bonchev–Trinajstić information content (AvgIpc) is 1.68. The van der Waals surface area contributed by atoms with E-state index in [4.69, 9.17) is 11.6 Å². The van der Waals surface area contributed by atoms with Gasteiger partial charge in [-0.3, -0.25) is 52.7 Å². The number of alkyl halides is 9. The predicted molar refractivity (Wildman–Crippen MR) is 350 cm³/mol. The molecule has 562 valence electrons. The lowest BCUT2D eigenvalue weighted by Crippen LogP contribution is -2.64. The summed E-state index contributed by atoms with van der Waals surface area (Å²) in [5, 5.41) is 6.77. The van der Waals surface area contributed by atoms with Crippen molar-refractivity contribution in [2.45, 2.75) is 247 Å². The van der Waals surface area contributed by atoms with E-state index in [1.807, 2.05) is 13.8 Å². The molecule has 0 aromatic carbocycles. The van der Waals surface area contributed by atoms with E-state index >= 15 is 23.2 Å². The minimum absolute atomic E-state index is 0.00174. The Morgan fingerprint density at radius 1 is 0.596 bits per heavy atom. The van der Waals surface area contributed by atoms with Gasteiger partial charge in [0.1, 0.15) is 41.8 Å². The molecule has 1 spiro atoms. The summed E-state index contributed by atoms with van der Waals surface area (Å²) in [4.78, 5) is 170. The topological polar surface area (TPSA) is 250 Å². The molecule has 22 nitrogen and oxygen atoms in total. The second kappa shape index (κ2) is 34.2. The van der Waals surface area contributed by atoms with E-state index in [-0.39, 0.29) is 95.8 Å². The minimum Gasteiger partial charge on any atom is -0.343 e. The summed E-state index contributed by atoms with van der Waals surface area (Å²) in [5.41, 5.74) is -1.78. The Kier molecular flexibility index (Phi) is 28.3. The highest BCUT2D eigenvalue weighted by molar-refractivity contribution is 6.20. The van der Waals surface area contributed by atoms with Crippen LogP contribution in [0, 0.1) is 41.4 Å². The maximum absolute atomic E-state index is 16.1. The minimum atomic E-state index is -4.61. The Hall–Kier alpha value is -6.10. The molecule has 0 aromatic rings. The molecule has 31 heteroatoms. The Morgan fingerprint density at radius 2 is 1.17 bits per heavy atom. The van der Waals surface area contributed by atoms with Crippen molar-refractivity contribution in [2.75, 3.05) is 75.5 Å². The van der Waals surface area contributed by atoms with Gasteiger partial charge in [0, 0.05) is 73.6 Å². The third-order valence-electron chi connectivity index (χ3n) is 22.1. The largest absolute Gasteiger partial charge is 0.393 e. The van der Waals surface area contributed by atoms with Crippen LogP contribution in [0.15, 0.2) is 0 Å². The second-order valence-corrected chi connectivity index (χ2v) is 30.5. The third-order valence-corrected chi connectivity index (χ3v) is 22.6. The number of hydrogen-bond acceptors (Lipinski definition) is 11. The molecule has 99 heavy (non-hydrogen) atoms. The fraction of sp³-hybridized carbons (Fsp3) is 0.838. The summed E-state index contributed by atoms with van der Waals surface area (Å²) >= 11 is 6.31. The highest BCUT2D eigenvalue weighted by atomic mass is 35.5. The van der Waals surface area contributed by atoms with Gasteiger partial charge in [-0.15, -0.1) is 11.6 Å². The molecule has 6 fully saturated rings. The maximum Gasteiger partial charge on any atom is 0.393 e. The molecule has 0 radical (unpaired) electrons. The number of carbonyl (C=O) groups is 11. The van der Waals surface area contributed by atoms with Crippen LogP contribution in [-0.4, -0.2) is 251 Å². The van der Waals surface area contributed by atoms with Gasteiger partial charge in [0.15, 0.2) is 0 Å². The van der Waals surface area contributed by atoms with Crippen molar-refractivity contribution < 1.29 is 87.9 Å². The normalized spacial score (nSPS) is 31.3. The lowest BCUT2D eigenvalue weighted by Gasteiger charge is -2.41. The number of nitrogens with zero attached hydrogens (tertiary/aromatic N) is 8. The summed E-state index contributed by atoms with van der Waals surface area (Å²) in [6.45, 7) is 5.28. The van der Waals surface area contributed by atoms with Crippen LogP contribution in [-0.2, 0) is 52.7 Å². The molecule has 3 N–H and O–H groups in total. The first-order chi connectivity index (χ1) is 46.0. The number of amides is 11. The lowest BCUT2D eigenvalue weighted by atomic mass is 9.78. The van der Waals surface area contributed by atoms with Crippen molar-refractivity contribution in [3.8, 4) is 0 Å². The Labute approximate surface area is 581 Å². The van der Waals surface area contributed by atoms with Crippen LogP contribution < -0.4 is 16.0 Å². The van der Waals surface area contributed by atoms with Crippen LogP contribution in [0.1, 0.15) is 176 Å². The lowest BCUT2D eigenvalue weighted by molar-refractivity contribution is -0.184. The van der Waals surface area contributed by atoms with Gasteiger partial charge < -0.3 is 55.1 Å². The predicted octanol–water partition coefficient (Wildman–Crippen LogP) is 7.14.